The maximum atomic E-state index is 12.4. The van der Waals surface area contributed by atoms with Crippen molar-refractivity contribution in [1.82, 2.24) is 19.7 Å². The molecular weight excluding hydrogens is 302 g/mol. The molecular formula is C18H23N5O. The number of nitrogens with zero attached hydrogens (tertiary/aromatic N) is 5. The van der Waals surface area contributed by atoms with Crippen LogP contribution in [0.1, 0.15) is 24.1 Å². The molecule has 1 fully saturated rings. The summed E-state index contributed by atoms with van der Waals surface area (Å²) in [4.78, 5) is 16.6. The highest BCUT2D eigenvalue weighted by Crippen LogP contribution is 2.23. The van der Waals surface area contributed by atoms with Crippen LogP contribution in [0, 0.1) is 0 Å². The van der Waals surface area contributed by atoms with Crippen LogP contribution in [-0.2, 0) is 24.2 Å². The summed E-state index contributed by atoms with van der Waals surface area (Å²) in [5.41, 5.74) is 2.53. The number of hydrogen-bond donors (Lipinski definition) is 0. The summed E-state index contributed by atoms with van der Waals surface area (Å²) in [6.45, 7) is 3.57. The van der Waals surface area contributed by atoms with Gasteiger partial charge >= 0.3 is 0 Å². The fourth-order valence-corrected chi connectivity index (χ4v) is 3.55. The predicted molar refractivity (Wildman–Crippen MR) is 91.9 cm³/mol. The SMILES string of the molecule is O=C(Cn1cccc1)N1CCN(c2cc3c(nn2)CCCC3)CC1. The summed E-state index contributed by atoms with van der Waals surface area (Å²) in [5.74, 6) is 1.15. The van der Waals surface area contributed by atoms with E-state index < -0.39 is 0 Å². The Morgan fingerprint density at radius 1 is 1.00 bits per heavy atom. The van der Waals surface area contributed by atoms with Gasteiger partial charge in [-0.1, -0.05) is 0 Å². The van der Waals surface area contributed by atoms with Crippen molar-refractivity contribution in [1.29, 1.82) is 0 Å². The Bertz CT molecular complexity index is 704. The molecule has 0 radical (unpaired) electrons. The molecule has 0 N–H and O–H groups in total. The van der Waals surface area contributed by atoms with Crippen LogP contribution < -0.4 is 4.90 Å². The van der Waals surface area contributed by atoms with Gasteiger partial charge in [0, 0.05) is 38.6 Å². The average molecular weight is 325 g/mol. The van der Waals surface area contributed by atoms with Gasteiger partial charge in [-0.15, -0.1) is 5.10 Å². The Morgan fingerprint density at radius 2 is 1.75 bits per heavy atom. The van der Waals surface area contributed by atoms with Crippen molar-refractivity contribution in [2.24, 2.45) is 0 Å². The van der Waals surface area contributed by atoms with E-state index in [9.17, 15) is 4.79 Å². The fourth-order valence-electron chi connectivity index (χ4n) is 3.55. The molecule has 2 aromatic rings. The van der Waals surface area contributed by atoms with Gasteiger partial charge in [-0.05, 0) is 49.4 Å². The van der Waals surface area contributed by atoms with Gasteiger partial charge in [0.05, 0.1) is 5.69 Å². The Hall–Kier alpha value is -2.37. The number of rotatable bonds is 3. The molecule has 2 aliphatic rings. The third kappa shape index (κ3) is 3.13. The second kappa shape index (κ2) is 6.63. The summed E-state index contributed by atoms with van der Waals surface area (Å²) < 4.78 is 1.92. The molecule has 1 aliphatic carbocycles. The lowest BCUT2D eigenvalue weighted by Crippen LogP contribution is -2.49. The smallest absolute Gasteiger partial charge is 0.242 e. The Labute approximate surface area is 142 Å². The summed E-state index contributed by atoms with van der Waals surface area (Å²) in [5, 5.41) is 8.84. The summed E-state index contributed by atoms with van der Waals surface area (Å²) >= 11 is 0. The van der Waals surface area contributed by atoms with Crippen LogP contribution in [0.15, 0.2) is 30.6 Å². The number of amides is 1. The topological polar surface area (TPSA) is 54.3 Å². The van der Waals surface area contributed by atoms with E-state index in [2.05, 4.69) is 21.2 Å². The fraction of sp³-hybridized carbons (Fsp3) is 0.500. The van der Waals surface area contributed by atoms with Crippen LogP contribution in [0.2, 0.25) is 0 Å². The number of carbonyl (C=O) groups is 1. The van der Waals surface area contributed by atoms with Gasteiger partial charge in [0.15, 0.2) is 5.82 Å². The van der Waals surface area contributed by atoms with Crippen LogP contribution in [-0.4, -0.2) is 51.8 Å². The van der Waals surface area contributed by atoms with E-state index in [1.165, 1.54) is 24.1 Å². The predicted octanol–water partition coefficient (Wildman–Crippen LogP) is 1.51. The normalized spacial score (nSPS) is 17.7. The van der Waals surface area contributed by atoms with Crippen molar-refractivity contribution < 1.29 is 4.79 Å². The Balaban J connectivity index is 1.36. The minimum atomic E-state index is 0.183. The molecule has 1 aliphatic heterocycles. The molecule has 1 saturated heterocycles. The molecule has 3 heterocycles. The molecule has 0 saturated carbocycles. The Kier molecular flexibility index (Phi) is 4.19. The van der Waals surface area contributed by atoms with Gasteiger partial charge in [-0.25, -0.2) is 0 Å². The molecule has 1 amide bonds. The quantitative estimate of drug-likeness (QED) is 0.858. The molecule has 0 atom stereocenters. The van der Waals surface area contributed by atoms with Crippen molar-refractivity contribution in [2.75, 3.05) is 31.1 Å². The van der Waals surface area contributed by atoms with Crippen LogP contribution in [0.25, 0.3) is 0 Å². The molecule has 2 aromatic heterocycles. The van der Waals surface area contributed by atoms with Gasteiger partial charge in [0.2, 0.25) is 5.91 Å². The van der Waals surface area contributed by atoms with Gasteiger partial charge in [0.25, 0.3) is 0 Å². The lowest BCUT2D eigenvalue weighted by molar-refractivity contribution is -0.132. The van der Waals surface area contributed by atoms with Crippen molar-refractivity contribution in [3.63, 3.8) is 0 Å². The number of hydrogen-bond acceptors (Lipinski definition) is 4. The van der Waals surface area contributed by atoms with E-state index in [-0.39, 0.29) is 5.91 Å². The highest BCUT2D eigenvalue weighted by molar-refractivity contribution is 5.76. The van der Waals surface area contributed by atoms with Gasteiger partial charge in [-0.3, -0.25) is 4.79 Å². The first-order chi connectivity index (χ1) is 11.8. The zero-order valence-corrected chi connectivity index (χ0v) is 13.9. The minimum absolute atomic E-state index is 0.183. The first kappa shape index (κ1) is 15.2. The van der Waals surface area contributed by atoms with Crippen molar-refractivity contribution in [3.05, 3.63) is 41.9 Å². The van der Waals surface area contributed by atoms with E-state index in [0.717, 1.165) is 44.8 Å². The van der Waals surface area contributed by atoms with Crippen molar-refractivity contribution in [3.8, 4) is 0 Å². The van der Waals surface area contributed by atoms with Gasteiger partial charge in [0.1, 0.15) is 6.54 Å². The second-order valence-corrected chi connectivity index (χ2v) is 6.60. The number of anilines is 1. The van der Waals surface area contributed by atoms with Crippen LogP contribution in [0.3, 0.4) is 0 Å². The van der Waals surface area contributed by atoms with Crippen LogP contribution >= 0.6 is 0 Å². The van der Waals surface area contributed by atoms with Crippen molar-refractivity contribution in [2.45, 2.75) is 32.2 Å². The van der Waals surface area contributed by atoms with E-state index in [1.807, 2.05) is 34.0 Å². The van der Waals surface area contributed by atoms with Gasteiger partial charge in [-0.2, -0.15) is 5.10 Å². The monoisotopic (exact) mass is 325 g/mol. The number of carbonyl (C=O) groups excluding carboxylic acids is 1. The zero-order chi connectivity index (χ0) is 16.4. The molecule has 0 aromatic carbocycles. The van der Waals surface area contributed by atoms with E-state index in [1.54, 1.807) is 0 Å². The summed E-state index contributed by atoms with van der Waals surface area (Å²) in [6, 6.07) is 6.10. The minimum Gasteiger partial charge on any atom is -0.352 e. The molecule has 126 valence electrons. The molecule has 0 spiro atoms. The van der Waals surface area contributed by atoms with Crippen molar-refractivity contribution >= 4 is 11.7 Å². The zero-order valence-electron chi connectivity index (χ0n) is 13.9. The standard InChI is InChI=1S/C18H23N5O/c24-18(14-21-7-3-4-8-21)23-11-9-22(10-12-23)17-13-15-5-1-2-6-16(15)19-20-17/h3-4,7-8,13H,1-2,5-6,9-12,14H2. The third-order valence-corrected chi connectivity index (χ3v) is 5.00. The molecule has 4 rings (SSSR count). The maximum Gasteiger partial charge on any atom is 0.242 e. The largest absolute Gasteiger partial charge is 0.352 e. The number of piperazine rings is 1. The molecule has 0 bridgehead atoms. The average Bonchev–Trinajstić information content (AvgIpc) is 3.14. The van der Waals surface area contributed by atoms with E-state index in [0.29, 0.717) is 6.54 Å². The molecule has 24 heavy (non-hydrogen) atoms. The third-order valence-electron chi connectivity index (χ3n) is 5.00. The molecule has 6 nitrogen and oxygen atoms in total. The first-order valence-corrected chi connectivity index (χ1v) is 8.78. The molecule has 6 heteroatoms. The number of aryl methyl sites for hydroxylation is 2. The molecule has 0 unspecified atom stereocenters. The van der Waals surface area contributed by atoms with Gasteiger partial charge < -0.3 is 14.4 Å². The Morgan fingerprint density at radius 3 is 2.54 bits per heavy atom. The second-order valence-electron chi connectivity index (χ2n) is 6.60. The highest BCUT2D eigenvalue weighted by atomic mass is 16.2. The van der Waals surface area contributed by atoms with E-state index in [4.69, 9.17) is 0 Å². The highest BCUT2D eigenvalue weighted by Gasteiger charge is 2.23. The van der Waals surface area contributed by atoms with E-state index >= 15 is 0 Å². The summed E-state index contributed by atoms with van der Waals surface area (Å²) in [6.07, 6.45) is 8.51. The maximum absolute atomic E-state index is 12.4. The van der Waals surface area contributed by atoms with Crippen LogP contribution in [0.5, 0.6) is 0 Å². The first-order valence-electron chi connectivity index (χ1n) is 8.78. The lowest BCUT2D eigenvalue weighted by atomic mass is 9.97. The summed E-state index contributed by atoms with van der Waals surface area (Å²) in [7, 11) is 0. The van der Waals surface area contributed by atoms with Crippen LogP contribution in [0.4, 0.5) is 5.82 Å². The number of fused-ring (bicyclic) bond motifs is 1. The lowest BCUT2D eigenvalue weighted by Gasteiger charge is -2.35. The number of aromatic nitrogens is 3.